The van der Waals surface area contributed by atoms with E-state index in [4.69, 9.17) is 0 Å². The van der Waals surface area contributed by atoms with Crippen LogP contribution in [0.4, 0.5) is 5.13 Å². The molecule has 0 aliphatic carbocycles. The summed E-state index contributed by atoms with van der Waals surface area (Å²) in [5.74, 6) is -0.601. The molecule has 6 nitrogen and oxygen atoms in total. The molecule has 0 saturated carbocycles. The number of hydrogen-bond donors (Lipinski definition) is 1. The summed E-state index contributed by atoms with van der Waals surface area (Å²) in [5, 5.41) is 4.81. The van der Waals surface area contributed by atoms with Gasteiger partial charge in [-0.15, -0.1) is 11.3 Å². The lowest BCUT2D eigenvalue weighted by atomic mass is 10.1. The number of thioether (sulfide) groups is 1. The maximum absolute atomic E-state index is 11.6. The number of methoxy groups -OCH3 is 1. The van der Waals surface area contributed by atoms with Crippen molar-refractivity contribution in [3.63, 3.8) is 0 Å². The van der Waals surface area contributed by atoms with Gasteiger partial charge in [0.15, 0.2) is 10.2 Å². The smallest absolute Gasteiger partial charge is 0.337 e. The normalized spacial score (nSPS) is 10.2. The van der Waals surface area contributed by atoms with Crippen LogP contribution in [0, 0.1) is 0 Å². The fourth-order valence-corrected chi connectivity index (χ4v) is 2.82. The Hall–Kier alpha value is -2.19. The van der Waals surface area contributed by atoms with Gasteiger partial charge in [0.05, 0.1) is 24.1 Å². The lowest BCUT2D eigenvalue weighted by molar-refractivity contribution is -0.114. The molecule has 8 heteroatoms. The minimum absolute atomic E-state index is 0.0675. The molecule has 0 unspecified atom stereocenters. The number of anilines is 1. The first-order valence-corrected chi connectivity index (χ1v) is 8.43. The van der Waals surface area contributed by atoms with E-state index in [0.717, 1.165) is 17.3 Å². The molecule has 23 heavy (non-hydrogen) atoms. The molecule has 0 radical (unpaired) electrons. The molecule has 0 saturated heterocycles. The number of ether oxygens (including phenoxy) is 1. The van der Waals surface area contributed by atoms with Gasteiger partial charge < -0.3 is 10.1 Å². The Labute approximate surface area is 141 Å². The van der Waals surface area contributed by atoms with Crippen LogP contribution < -0.4 is 5.32 Å². The number of rotatable bonds is 5. The highest BCUT2D eigenvalue weighted by Gasteiger charge is 2.10. The van der Waals surface area contributed by atoms with Crippen molar-refractivity contribution in [2.24, 2.45) is 0 Å². The SMILES string of the molecule is COC(=O)c1ccc(-c2csc(NC(=O)CSC(C)=O)n2)cc1. The van der Waals surface area contributed by atoms with E-state index in [1.165, 1.54) is 25.4 Å². The zero-order chi connectivity index (χ0) is 16.8. The first-order chi connectivity index (χ1) is 11.0. The van der Waals surface area contributed by atoms with Gasteiger partial charge in [0, 0.05) is 17.9 Å². The second-order valence-electron chi connectivity index (χ2n) is 4.44. The topological polar surface area (TPSA) is 85.4 Å². The third kappa shape index (κ3) is 4.90. The average Bonchev–Trinajstić information content (AvgIpc) is 3.00. The first-order valence-electron chi connectivity index (χ1n) is 6.57. The zero-order valence-corrected chi connectivity index (χ0v) is 14.1. The van der Waals surface area contributed by atoms with E-state index in [1.54, 1.807) is 29.6 Å². The number of nitrogens with zero attached hydrogens (tertiary/aromatic N) is 1. The molecule has 2 aromatic rings. The minimum atomic E-state index is -0.397. The Morgan fingerprint density at radius 3 is 2.57 bits per heavy atom. The number of amides is 1. The van der Waals surface area contributed by atoms with Crippen molar-refractivity contribution in [3.8, 4) is 11.3 Å². The van der Waals surface area contributed by atoms with Crippen molar-refractivity contribution in [3.05, 3.63) is 35.2 Å². The summed E-state index contributed by atoms with van der Waals surface area (Å²) in [6.45, 7) is 1.41. The van der Waals surface area contributed by atoms with E-state index in [-0.39, 0.29) is 16.8 Å². The Balaban J connectivity index is 2.02. The molecule has 0 spiro atoms. The van der Waals surface area contributed by atoms with Gasteiger partial charge in [-0.05, 0) is 12.1 Å². The molecule has 1 amide bonds. The molecule has 1 heterocycles. The largest absolute Gasteiger partial charge is 0.465 e. The van der Waals surface area contributed by atoms with E-state index < -0.39 is 5.97 Å². The predicted octanol–water partition coefficient (Wildman–Crippen LogP) is 2.81. The van der Waals surface area contributed by atoms with Crippen LogP contribution in [0.2, 0.25) is 0 Å². The number of thiazole rings is 1. The van der Waals surface area contributed by atoms with Gasteiger partial charge in [-0.1, -0.05) is 23.9 Å². The number of carbonyl (C=O) groups excluding carboxylic acids is 3. The Bertz CT molecular complexity index is 725. The van der Waals surface area contributed by atoms with Crippen LogP contribution in [0.25, 0.3) is 11.3 Å². The van der Waals surface area contributed by atoms with Crippen LogP contribution in [0.1, 0.15) is 17.3 Å². The van der Waals surface area contributed by atoms with E-state index in [2.05, 4.69) is 15.0 Å². The van der Waals surface area contributed by atoms with Gasteiger partial charge in [0.2, 0.25) is 5.91 Å². The van der Waals surface area contributed by atoms with Crippen molar-refractivity contribution in [2.45, 2.75) is 6.92 Å². The minimum Gasteiger partial charge on any atom is -0.465 e. The van der Waals surface area contributed by atoms with Gasteiger partial charge in [0.25, 0.3) is 0 Å². The van der Waals surface area contributed by atoms with Crippen LogP contribution in [0.3, 0.4) is 0 Å². The Kier molecular flexibility index (Phi) is 5.89. The summed E-state index contributed by atoms with van der Waals surface area (Å²) < 4.78 is 4.64. The van der Waals surface area contributed by atoms with E-state index in [9.17, 15) is 14.4 Å². The average molecular weight is 350 g/mol. The van der Waals surface area contributed by atoms with Crippen LogP contribution in [0.5, 0.6) is 0 Å². The molecule has 0 aliphatic heterocycles. The fourth-order valence-electron chi connectivity index (χ4n) is 1.68. The van der Waals surface area contributed by atoms with Gasteiger partial charge >= 0.3 is 5.97 Å². The third-order valence-corrected chi connectivity index (χ3v) is 4.33. The highest BCUT2D eigenvalue weighted by atomic mass is 32.2. The molecular formula is C15H14N2O4S2. The predicted molar refractivity (Wildman–Crippen MR) is 90.7 cm³/mol. The number of nitrogens with one attached hydrogen (secondary N) is 1. The Morgan fingerprint density at radius 2 is 1.96 bits per heavy atom. The highest BCUT2D eigenvalue weighted by molar-refractivity contribution is 8.14. The summed E-state index contributed by atoms with van der Waals surface area (Å²) in [7, 11) is 1.33. The maximum atomic E-state index is 11.6. The van der Waals surface area contributed by atoms with E-state index in [0.29, 0.717) is 16.4 Å². The maximum Gasteiger partial charge on any atom is 0.337 e. The van der Waals surface area contributed by atoms with Crippen molar-refractivity contribution >= 4 is 45.2 Å². The number of carbonyl (C=O) groups is 3. The highest BCUT2D eigenvalue weighted by Crippen LogP contribution is 2.25. The van der Waals surface area contributed by atoms with Crippen molar-refractivity contribution in [1.82, 2.24) is 4.98 Å². The van der Waals surface area contributed by atoms with Gasteiger partial charge in [0.1, 0.15) is 0 Å². The fraction of sp³-hybridized carbons (Fsp3) is 0.200. The summed E-state index contributed by atoms with van der Waals surface area (Å²) in [6, 6.07) is 6.83. The summed E-state index contributed by atoms with van der Waals surface area (Å²) in [6.07, 6.45) is 0. The lowest BCUT2D eigenvalue weighted by Gasteiger charge is -2.01. The number of esters is 1. The van der Waals surface area contributed by atoms with Gasteiger partial charge in [-0.3, -0.25) is 9.59 Å². The van der Waals surface area contributed by atoms with Crippen molar-refractivity contribution < 1.29 is 19.1 Å². The molecule has 0 bridgehead atoms. The second kappa shape index (κ2) is 7.89. The molecule has 1 aromatic carbocycles. The quantitative estimate of drug-likeness (QED) is 0.835. The molecule has 1 N–H and O–H groups in total. The number of aromatic nitrogens is 1. The summed E-state index contributed by atoms with van der Waals surface area (Å²) >= 11 is 2.24. The second-order valence-corrected chi connectivity index (χ2v) is 6.45. The van der Waals surface area contributed by atoms with E-state index >= 15 is 0 Å². The summed E-state index contributed by atoms with van der Waals surface area (Å²) in [5.41, 5.74) is 1.98. The molecule has 0 fully saturated rings. The Morgan fingerprint density at radius 1 is 1.26 bits per heavy atom. The number of benzene rings is 1. The third-order valence-electron chi connectivity index (χ3n) is 2.76. The van der Waals surface area contributed by atoms with Crippen LogP contribution in [-0.4, -0.2) is 34.8 Å². The molecule has 0 atom stereocenters. The molecule has 1 aromatic heterocycles. The monoisotopic (exact) mass is 350 g/mol. The van der Waals surface area contributed by atoms with Crippen LogP contribution in [0.15, 0.2) is 29.6 Å². The van der Waals surface area contributed by atoms with Gasteiger partial charge in [-0.2, -0.15) is 0 Å². The lowest BCUT2D eigenvalue weighted by Crippen LogP contribution is -2.14. The zero-order valence-electron chi connectivity index (χ0n) is 12.5. The first kappa shape index (κ1) is 17.2. The van der Waals surface area contributed by atoms with Gasteiger partial charge in [-0.25, -0.2) is 9.78 Å². The molecule has 0 aliphatic rings. The van der Waals surface area contributed by atoms with Crippen LogP contribution >= 0.6 is 23.1 Å². The number of hydrogen-bond acceptors (Lipinski definition) is 7. The van der Waals surface area contributed by atoms with E-state index in [1.807, 2.05) is 0 Å². The van der Waals surface area contributed by atoms with Crippen molar-refractivity contribution in [1.29, 1.82) is 0 Å². The molecular weight excluding hydrogens is 336 g/mol. The summed E-state index contributed by atoms with van der Waals surface area (Å²) in [4.78, 5) is 38.2. The molecule has 2 rings (SSSR count). The van der Waals surface area contributed by atoms with Crippen LogP contribution in [-0.2, 0) is 14.3 Å². The van der Waals surface area contributed by atoms with Crippen molar-refractivity contribution in [2.75, 3.05) is 18.2 Å². The molecule has 120 valence electrons. The standard InChI is InChI=1S/C15H14N2O4S2/c1-9(18)22-8-13(19)17-15-16-12(7-23-15)10-3-5-11(6-4-10)14(20)21-2/h3-7H,8H2,1-2H3,(H,16,17,19).